The van der Waals surface area contributed by atoms with E-state index >= 15 is 0 Å². The van der Waals surface area contributed by atoms with Gasteiger partial charge in [-0.05, 0) is 24.6 Å². The van der Waals surface area contributed by atoms with E-state index in [1.54, 1.807) is 18.2 Å². The number of phenols is 1. The van der Waals surface area contributed by atoms with Gasteiger partial charge in [0.2, 0.25) is 5.91 Å². The summed E-state index contributed by atoms with van der Waals surface area (Å²) in [5.41, 5.74) is 0.862. The summed E-state index contributed by atoms with van der Waals surface area (Å²) in [6.45, 7) is 4.46. The van der Waals surface area contributed by atoms with Crippen LogP contribution in [0.2, 0.25) is 0 Å². The Kier molecular flexibility index (Phi) is 3.64. The van der Waals surface area contributed by atoms with Crippen LogP contribution in [0.4, 0.5) is 0 Å². The second kappa shape index (κ2) is 5.19. The average Bonchev–Trinajstić information content (AvgIpc) is 2.29. The molecule has 1 aliphatic heterocycles. The highest BCUT2D eigenvalue weighted by atomic mass is 16.3. The lowest BCUT2D eigenvalue weighted by Gasteiger charge is -2.32. The van der Waals surface area contributed by atoms with Gasteiger partial charge >= 0.3 is 0 Å². The largest absolute Gasteiger partial charge is 0.508 e. The van der Waals surface area contributed by atoms with Gasteiger partial charge in [0, 0.05) is 25.7 Å². The number of carbonyl (C=O) groups is 1. The van der Waals surface area contributed by atoms with E-state index in [2.05, 4.69) is 12.2 Å². The fourth-order valence-corrected chi connectivity index (χ4v) is 2.11. The van der Waals surface area contributed by atoms with E-state index < -0.39 is 0 Å². The summed E-state index contributed by atoms with van der Waals surface area (Å²) in [4.78, 5) is 13.9. The minimum absolute atomic E-state index is 0.129. The molecule has 0 aromatic heterocycles. The molecule has 92 valence electrons. The van der Waals surface area contributed by atoms with E-state index in [1.807, 2.05) is 11.0 Å². The minimum Gasteiger partial charge on any atom is -0.508 e. The molecule has 1 fully saturated rings. The predicted molar refractivity (Wildman–Crippen MR) is 65.9 cm³/mol. The lowest BCUT2D eigenvalue weighted by Crippen LogP contribution is -2.51. The molecule has 1 saturated heterocycles. The van der Waals surface area contributed by atoms with Gasteiger partial charge in [-0.3, -0.25) is 4.79 Å². The monoisotopic (exact) mass is 234 g/mol. The third kappa shape index (κ3) is 3.20. The summed E-state index contributed by atoms with van der Waals surface area (Å²) in [7, 11) is 0. The van der Waals surface area contributed by atoms with Crippen molar-refractivity contribution < 1.29 is 9.90 Å². The first kappa shape index (κ1) is 11.9. The van der Waals surface area contributed by atoms with Gasteiger partial charge in [0.15, 0.2) is 0 Å². The van der Waals surface area contributed by atoms with Crippen molar-refractivity contribution >= 4 is 5.91 Å². The molecular formula is C13H18N2O2. The number of hydrogen-bond acceptors (Lipinski definition) is 3. The van der Waals surface area contributed by atoms with Gasteiger partial charge in [-0.25, -0.2) is 0 Å². The first-order chi connectivity index (χ1) is 8.15. The second-order valence-electron chi connectivity index (χ2n) is 4.54. The standard InChI is InChI=1S/C13H18N2O2/c1-10-9-15(6-5-14-10)13(17)8-11-3-2-4-12(16)7-11/h2-4,7,10,14,16H,5-6,8-9H2,1H3. The normalized spacial score (nSPS) is 20.3. The zero-order valence-corrected chi connectivity index (χ0v) is 10.0. The molecule has 2 N–H and O–H groups in total. The van der Waals surface area contributed by atoms with E-state index in [0.29, 0.717) is 12.5 Å². The van der Waals surface area contributed by atoms with Crippen LogP contribution in [-0.2, 0) is 11.2 Å². The maximum Gasteiger partial charge on any atom is 0.227 e. The summed E-state index contributed by atoms with van der Waals surface area (Å²) >= 11 is 0. The van der Waals surface area contributed by atoms with E-state index in [-0.39, 0.29) is 11.7 Å². The van der Waals surface area contributed by atoms with Crippen LogP contribution in [0, 0.1) is 0 Å². The molecule has 0 aliphatic carbocycles. The number of nitrogens with one attached hydrogen (secondary N) is 1. The zero-order chi connectivity index (χ0) is 12.3. The van der Waals surface area contributed by atoms with Gasteiger partial charge in [0.25, 0.3) is 0 Å². The first-order valence-electron chi connectivity index (χ1n) is 5.94. The van der Waals surface area contributed by atoms with Crippen molar-refractivity contribution in [3.05, 3.63) is 29.8 Å². The van der Waals surface area contributed by atoms with Crippen molar-refractivity contribution in [3.8, 4) is 5.75 Å². The predicted octanol–water partition coefficient (Wildman–Crippen LogP) is 0.755. The number of nitrogens with zero attached hydrogens (tertiary/aromatic N) is 1. The van der Waals surface area contributed by atoms with Crippen LogP contribution in [0.25, 0.3) is 0 Å². The Morgan fingerprint density at radius 2 is 2.41 bits per heavy atom. The zero-order valence-electron chi connectivity index (χ0n) is 10.0. The van der Waals surface area contributed by atoms with Crippen LogP contribution in [0.5, 0.6) is 5.75 Å². The van der Waals surface area contributed by atoms with Gasteiger partial charge in [0.05, 0.1) is 6.42 Å². The van der Waals surface area contributed by atoms with Crippen molar-refractivity contribution in [2.75, 3.05) is 19.6 Å². The molecular weight excluding hydrogens is 216 g/mol. The van der Waals surface area contributed by atoms with E-state index in [1.165, 1.54) is 0 Å². The Labute approximate surface area is 101 Å². The summed E-state index contributed by atoms with van der Waals surface area (Å²) in [5.74, 6) is 0.341. The number of piperazine rings is 1. The number of amides is 1. The molecule has 1 atom stereocenters. The number of carbonyl (C=O) groups excluding carboxylic acids is 1. The molecule has 0 radical (unpaired) electrons. The highest BCUT2D eigenvalue weighted by Crippen LogP contribution is 2.12. The van der Waals surface area contributed by atoms with Crippen molar-refractivity contribution in [1.29, 1.82) is 0 Å². The smallest absolute Gasteiger partial charge is 0.227 e. The maximum absolute atomic E-state index is 12.0. The number of aromatic hydroxyl groups is 1. The topological polar surface area (TPSA) is 52.6 Å². The molecule has 4 heteroatoms. The van der Waals surface area contributed by atoms with Gasteiger partial charge in [-0.1, -0.05) is 12.1 Å². The number of hydrogen-bond donors (Lipinski definition) is 2. The quantitative estimate of drug-likeness (QED) is 0.794. The fraction of sp³-hybridized carbons (Fsp3) is 0.462. The van der Waals surface area contributed by atoms with Crippen LogP contribution in [0.3, 0.4) is 0 Å². The van der Waals surface area contributed by atoms with Crippen molar-refractivity contribution in [3.63, 3.8) is 0 Å². The SMILES string of the molecule is CC1CN(C(=O)Cc2cccc(O)c2)CCN1. The van der Waals surface area contributed by atoms with E-state index in [4.69, 9.17) is 0 Å². The molecule has 1 unspecified atom stereocenters. The summed E-state index contributed by atoms with van der Waals surface area (Å²) in [6.07, 6.45) is 0.362. The molecule has 17 heavy (non-hydrogen) atoms. The Morgan fingerprint density at radius 3 is 3.12 bits per heavy atom. The summed E-state index contributed by atoms with van der Waals surface area (Å²) in [6, 6.07) is 7.24. The van der Waals surface area contributed by atoms with Crippen LogP contribution in [0.1, 0.15) is 12.5 Å². The van der Waals surface area contributed by atoms with Gasteiger partial charge < -0.3 is 15.3 Å². The number of benzene rings is 1. The summed E-state index contributed by atoms with van der Waals surface area (Å²) in [5, 5.41) is 12.6. The van der Waals surface area contributed by atoms with Crippen LogP contribution in [0.15, 0.2) is 24.3 Å². The van der Waals surface area contributed by atoms with E-state index in [0.717, 1.165) is 25.2 Å². The second-order valence-corrected chi connectivity index (χ2v) is 4.54. The highest BCUT2D eigenvalue weighted by molar-refractivity contribution is 5.79. The minimum atomic E-state index is 0.129. The van der Waals surface area contributed by atoms with Crippen molar-refractivity contribution in [2.24, 2.45) is 0 Å². The summed E-state index contributed by atoms with van der Waals surface area (Å²) < 4.78 is 0. The molecule has 0 spiro atoms. The molecule has 0 bridgehead atoms. The van der Waals surface area contributed by atoms with Crippen molar-refractivity contribution in [1.82, 2.24) is 10.2 Å². The Bertz CT molecular complexity index is 406. The maximum atomic E-state index is 12.0. The Hall–Kier alpha value is -1.55. The molecule has 1 aromatic carbocycles. The van der Waals surface area contributed by atoms with Gasteiger partial charge in [-0.15, -0.1) is 0 Å². The third-order valence-corrected chi connectivity index (χ3v) is 2.99. The Balaban J connectivity index is 1.96. The third-order valence-electron chi connectivity index (χ3n) is 2.99. The lowest BCUT2D eigenvalue weighted by atomic mass is 10.1. The molecule has 0 saturated carbocycles. The van der Waals surface area contributed by atoms with Crippen LogP contribution >= 0.6 is 0 Å². The molecule has 2 rings (SSSR count). The van der Waals surface area contributed by atoms with Gasteiger partial charge in [0.1, 0.15) is 5.75 Å². The number of phenolic OH excluding ortho intramolecular Hbond substituents is 1. The average molecular weight is 234 g/mol. The Morgan fingerprint density at radius 1 is 1.59 bits per heavy atom. The molecule has 1 amide bonds. The molecule has 1 aliphatic rings. The van der Waals surface area contributed by atoms with Gasteiger partial charge in [-0.2, -0.15) is 0 Å². The first-order valence-corrected chi connectivity index (χ1v) is 5.94. The van der Waals surface area contributed by atoms with Crippen LogP contribution < -0.4 is 5.32 Å². The molecule has 4 nitrogen and oxygen atoms in total. The molecule has 1 heterocycles. The fourth-order valence-electron chi connectivity index (χ4n) is 2.11. The number of rotatable bonds is 2. The highest BCUT2D eigenvalue weighted by Gasteiger charge is 2.20. The molecule has 1 aromatic rings. The van der Waals surface area contributed by atoms with Crippen molar-refractivity contribution in [2.45, 2.75) is 19.4 Å². The van der Waals surface area contributed by atoms with Crippen LogP contribution in [-0.4, -0.2) is 41.6 Å². The van der Waals surface area contributed by atoms with E-state index in [9.17, 15) is 9.90 Å². The lowest BCUT2D eigenvalue weighted by molar-refractivity contribution is -0.131.